The fourth-order valence-corrected chi connectivity index (χ4v) is 4.42. The van der Waals surface area contributed by atoms with Crippen LogP contribution in [0.15, 0.2) is 41.0 Å². The number of ketones is 1. The Morgan fingerprint density at radius 2 is 2.11 bits per heavy atom. The molecule has 0 spiro atoms. The first-order valence-electron chi connectivity index (χ1n) is 9.44. The van der Waals surface area contributed by atoms with Gasteiger partial charge in [0.2, 0.25) is 0 Å². The number of pyridine rings is 1. The van der Waals surface area contributed by atoms with Gasteiger partial charge in [-0.1, -0.05) is 0 Å². The lowest BCUT2D eigenvalue weighted by atomic mass is 10.1. The summed E-state index contributed by atoms with van der Waals surface area (Å²) < 4.78 is 2.91. The number of hydrogen-bond acceptors (Lipinski definition) is 4. The lowest BCUT2D eigenvalue weighted by Crippen LogP contribution is -2.32. The Kier molecular flexibility index (Phi) is 5.05. The van der Waals surface area contributed by atoms with Crippen LogP contribution in [0.2, 0.25) is 0 Å². The van der Waals surface area contributed by atoms with Crippen LogP contribution in [0.5, 0.6) is 0 Å². The Morgan fingerprint density at radius 3 is 2.75 bits per heavy atom. The first-order chi connectivity index (χ1) is 13.5. The van der Waals surface area contributed by atoms with Crippen molar-refractivity contribution in [3.8, 4) is 11.8 Å². The zero-order valence-electron chi connectivity index (χ0n) is 15.9. The van der Waals surface area contributed by atoms with Gasteiger partial charge in [-0.2, -0.15) is 5.26 Å². The zero-order valence-corrected chi connectivity index (χ0v) is 17.5. The van der Waals surface area contributed by atoms with E-state index in [1.807, 2.05) is 25.1 Å². The molecule has 0 unspecified atom stereocenters. The number of rotatable bonds is 4. The van der Waals surface area contributed by atoms with Crippen molar-refractivity contribution in [3.63, 3.8) is 0 Å². The number of fused-ring (bicyclic) bond motifs is 1. The zero-order chi connectivity index (χ0) is 19.8. The van der Waals surface area contributed by atoms with Gasteiger partial charge in [0, 0.05) is 28.1 Å². The summed E-state index contributed by atoms with van der Waals surface area (Å²) in [5, 5.41) is 9.07. The fraction of sp³-hybridized carbons (Fsp3) is 0.318. The molecule has 3 heterocycles. The fourth-order valence-electron chi connectivity index (χ4n) is 4.10. The van der Waals surface area contributed by atoms with Gasteiger partial charge in [-0.3, -0.25) is 14.7 Å². The van der Waals surface area contributed by atoms with Gasteiger partial charge in [-0.15, -0.1) is 0 Å². The van der Waals surface area contributed by atoms with Crippen molar-refractivity contribution in [2.45, 2.75) is 32.7 Å². The predicted molar refractivity (Wildman–Crippen MR) is 113 cm³/mol. The van der Waals surface area contributed by atoms with Crippen molar-refractivity contribution in [3.05, 3.63) is 57.8 Å². The Bertz CT molecular complexity index is 1090. The molecular formula is C22H21BrN4O. The minimum atomic E-state index is 0.110. The predicted octanol–water partition coefficient (Wildman–Crippen LogP) is 4.64. The maximum atomic E-state index is 13.3. The minimum absolute atomic E-state index is 0.110. The highest BCUT2D eigenvalue weighted by Crippen LogP contribution is 2.31. The molecule has 3 aromatic rings. The molecule has 1 atom stereocenters. The second-order valence-electron chi connectivity index (χ2n) is 7.36. The molecule has 0 amide bonds. The Hall–Kier alpha value is -2.49. The first-order valence-corrected chi connectivity index (χ1v) is 10.2. The Morgan fingerprint density at radius 1 is 1.36 bits per heavy atom. The van der Waals surface area contributed by atoms with Crippen molar-refractivity contribution < 1.29 is 4.79 Å². The third-order valence-electron chi connectivity index (χ3n) is 5.58. The number of nitrogens with zero attached hydrogens (tertiary/aromatic N) is 4. The molecule has 1 aliphatic rings. The molecular weight excluding hydrogens is 416 g/mol. The van der Waals surface area contributed by atoms with Gasteiger partial charge < -0.3 is 4.57 Å². The molecule has 1 fully saturated rings. The summed E-state index contributed by atoms with van der Waals surface area (Å²) in [6.45, 7) is 5.54. The van der Waals surface area contributed by atoms with Crippen LogP contribution in [0.4, 0.5) is 0 Å². The van der Waals surface area contributed by atoms with E-state index >= 15 is 0 Å². The molecule has 0 N–H and O–H groups in total. The molecule has 28 heavy (non-hydrogen) atoms. The number of carbonyl (C=O) groups is 1. The van der Waals surface area contributed by atoms with Crippen LogP contribution >= 0.6 is 15.9 Å². The van der Waals surface area contributed by atoms with Crippen molar-refractivity contribution in [1.29, 1.82) is 5.26 Å². The van der Waals surface area contributed by atoms with Crippen LogP contribution in [-0.2, 0) is 0 Å². The first kappa shape index (κ1) is 18.9. The number of Topliss-reactive ketones (excluding diaryl/α,β-unsaturated/α-hetero) is 1. The molecule has 4 rings (SSSR count). The van der Waals surface area contributed by atoms with Gasteiger partial charge in [0.05, 0.1) is 34.8 Å². The molecule has 6 heteroatoms. The average molecular weight is 437 g/mol. The Labute approximate surface area is 172 Å². The highest BCUT2D eigenvalue weighted by Gasteiger charge is 2.27. The van der Waals surface area contributed by atoms with E-state index in [0.717, 1.165) is 46.3 Å². The largest absolute Gasteiger partial charge is 0.311 e. The van der Waals surface area contributed by atoms with E-state index < -0.39 is 0 Å². The van der Waals surface area contributed by atoms with E-state index in [2.05, 4.69) is 43.4 Å². The van der Waals surface area contributed by atoms with Crippen LogP contribution in [-0.4, -0.2) is 39.4 Å². The van der Waals surface area contributed by atoms with Gasteiger partial charge in [0.1, 0.15) is 0 Å². The topological polar surface area (TPSA) is 61.9 Å². The van der Waals surface area contributed by atoms with Crippen molar-refractivity contribution >= 4 is 32.7 Å². The highest BCUT2D eigenvalue weighted by molar-refractivity contribution is 9.10. The van der Waals surface area contributed by atoms with Gasteiger partial charge in [-0.25, -0.2) is 0 Å². The summed E-state index contributed by atoms with van der Waals surface area (Å²) in [6, 6.07) is 12.0. The molecule has 1 aliphatic heterocycles. The molecule has 142 valence electrons. The molecule has 1 aromatic carbocycles. The van der Waals surface area contributed by atoms with Gasteiger partial charge >= 0.3 is 0 Å². The monoisotopic (exact) mass is 436 g/mol. The second-order valence-corrected chi connectivity index (χ2v) is 8.28. The van der Waals surface area contributed by atoms with Gasteiger partial charge in [0.25, 0.3) is 0 Å². The number of likely N-dealkylation sites (tertiary alicyclic amines) is 1. The van der Waals surface area contributed by atoms with Gasteiger partial charge in [0.15, 0.2) is 5.78 Å². The summed E-state index contributed by atoms with van der Waals surface area (Å²) >= 11 is 3.50. The van der Waals surface area contributed by atoms with E-state index in [9.17, 15) is 4.79 Å². The van der Waals surface area contributed by atoms with Crippen molar-refractivity contribution in [1.82, 2.24) is 14.5 Å². The van der Waals surface area contributed by atoms with Crippen molar-refractivity contribution in [2.75, 3.05) is 13.1 Å². The average Bonchev–Trinajstić information content (AvgIpc) is 3.21. The molecule has 0 saturated carbocycles. The molecule has 2 aromatic heterocycles. The van der Waals surface area contributed by atoms with Crippen LogP contribution in [0.1, 0.15) is 41.4 Å². The maximum absolute atomic E-state index is 13.3. The maximum Gasteiger partial charge on any atom is 0.180 e. The summed E-state index contributed by atoms with van der Waals surface area (Å²) in [4.78, 5) is 20.1. The molecule has 1 saturated heterocycles. The minimum Gasteiger partial charge on any atom is -0.311 e. The van der Waals surface area contributed by atoms with E-state index in [1.54, 1.807) is 18.3 Å². The number of nitriles is 1. The second kappa shape index (κ2) is 7.50. The van der Waals surface area contributed by atoms with Crippen LogP contribution < -0.4 is 0 Å². The number of halogens is 1. The summed E-state index contributed by atoms with van der Waals surface area (Å²) in [6.07, 6.45) is 4.02. The smallest absolute Gasteiger partial charge is 0.180 e. The van der Waals surface area contributed by atoms with Crippen LogP contribution in [0.3, 0.4) is 0 Å². The number of carbonyl (C=O) groups excluding carboxylic acids is 1. The summed E-state index contributed by atoms with van der Waals surface area (Å²) in [5.74, 6) is 0.110. The molecule has 0 bridgehead atoms. The standard InChI is InChI=1S/C22H21BrN4O/c1-14-4-3-9-26(14)13-20(28)21-15(2)27(18-7-5-16(11-24)6-8-18)19-10-17(23)12-25-22(19)21/h5-8,10,12,14H,3-4,9,13H2,1-2H3/t14-/m0/s1. The number of aromatic nitrogens is 2. The number of hydrogen-bond donors (Lipinski definition) is 0. The quantitative estimate of drug-likeness (QED) is 0.559. The summed E-state index contributed by atoms with van der Waals surface area (Å²) in [7, 11) is 0. The lowest BCUT2D eigenvalue weighted by molar-refractivity contribution is 0.0927. The van der Waals surface area contributed by atoms with E-state index in [4.69, 9.17) is 5.26 Å². The van der Waals surface area contributed by atoms with Crippen LogP contribution in [0.25, 0.3) is 16.7 Å². The molecule has 0 radical (unpaired) electrons. The molecule has 0 aliphatic carbocycles. The van der Waals surface area contributed by atoms with E-state index in [0.29, 0.717) is 23.7 Å². The normalized spacial score (nSPS) is 17.1. The third kappa shape index (κ3) is 3.25. The van der Waals surface area contributed by atoms with Crippen molar-refractivity contribution in [2.24, 2.45) is 0 Å². The third-order valence-corrected chi connectivity index (χ3v) is 6.01. The van der Waals surface area contributed by atoms with E-state index in [-0.39, 0.29) is 5.78 Å². The SMILES string of the molecule is Cc1c(C(=O)CN2CCC[C@@H]2C)c2ncc(Br)cc2n1-c1ccc(C#N)cc1. The highest BCUT2D eigenvalue weighted by atomic mass is 79.9. The lowest BCUT2D eigenvalue weighted by Gasteiger charge is -2.19. The van der Waals surface area contributed by atoms with Gasteiger partial charge in [-0.05, 0) is 79.5 Å². The molecule has 5 nitrogen and oxygen atoms in total. The van der Waals surface area contributed by atoms with Crippen LogP contribution in [0, 0.1) is 18.3 Å². The Balaban J connectivity index is 1.84. The van der Waals surface area contributed by atoms with E-state index in [1.165, 1.54) is 0 Å². The summed E-state index contributed by atoms with van der Waals surface area (Å²) in [5.41, 5.74) is 4.69. The number of benzene rings is 1.